The van der Waals surface area contributed by atoms with E-state index in [0.717, 1.165) is 18.4 Å². The van der Waals surface area contributed by atoms with Gasteiger partial charge in [-0.2, -0.15) is 0 Å². The monoisotopic (exact) mass is 376 g/mol. The number of ether oxygens (including phenoxy) is 1. The van der Waals surface area contributed by atoms with Gasteiger partial charge in [0, 0.05) is 5.41 Å². The van der Waals surface area contributed by atoms with Gasteiger partial charge in [0.25, 0.3) is 0 Å². The Balaban J connectivity index is 2.02. The summed E-state index contributed by atoms with van der Waals surface area (Å²) in [5.41, 5.74) is 2.40. The van der Waals surface area contributed by atoms with Gasteiger partial charge < -0.3 is 9.84 Å². The molecule has 0 spiro atoms. The zero-order valence-corrected chi connectivity index (χ0v) is 16.8. The van der Waals surface area contributed by atoms with Crippen LogP contribution in [-0.4, -0.2) is 11.1 Å². The highest BCUT2D eigenvalue weighted by molar-refractivity contribution is 5.93. The molecule has 2 rings (SSSR count). The van der Waals surface area contributed by atoms with Crippen LogP contribution in [0.1, 0.15) is 49.5 Å². The molecule has 0 amide bonds. The van der Waals surface area contributed by atoms with Crippen LogP contribution in [0.5, 0.6) is 11.5 Å². The number of carbonyl (C=O) groups excluding carboxylic acids is 1. The average molecular weight is 376 g/mol. The number of carbonyl (C=O) groups is 1. The molecule has 1 atom stereocenters. The Kier molecular flexibility index (Phi) is 7.39. The van der Waals surface area contributed by atoms with Crippen molar-refractivity contribution in [2.24, 2.45) is 5.41 Å². The van der Waals surface area contributed by atoms with Crippen LogP contribution in [-0.2, 0) is 0 Å². The van der Waals surface area contributed by atoms with Crippen LogP contribution < -0.4 is 4.74 Å². The first-order valence-corrected chi connectivity index (χ1v) is 9.39. The van der Waals surface area contributed by atoms with E-state index in [1.807, 2.05) is 18.2 Å². The highest BCUT2D eigenvalue weighted by atomic mass is 16.5. The SMILES string of the molecule is C=C[C@@](C)(/C=C/c1ccc(OC(=O)c2ccccc2O)cc1)CCC=C(C)C. The van der Waals surface area contributed by atoms with E-state index in [-0.39, 0.29) is 16.7 Å². The summed E-state index contributed by atoms with van der Waals surface area (Å²) < 4.78 is 5.33. The molecule has 28 heavy (non-hydrogen) atoms. The average Bonchev–Trinajstić information content (AvgIpc) is 2.67. The third-order valence-corrected chi connectivity index (χ3v) is 4.57. The number of esters is 1. The number of benzene rings is 2. The Hall–Kier alpha value is -3.07. The lowest BCUT2D eigenvalue weighted by molar-refractivity contribution is 0.0731. The molecule has 0 saturated carbocycles. The van der Waals surface area contributed by atoms with E-state index in [2.05, 4.69) is 45.6 Å². The van der Waals surface area contributed by atoms with Crippen LogP contribution in [0, 0.1) is 5.41 Å². The minimum absolute atomic E-state index is 0.0814. The molecule has 0 saturated heterocycles. The summed E-state index contributed by atoms with van der Waals surface area (Å²) in [5.74, 6) is -0.246. The molecule has 0 aliphatic rings. The molecule has 0 fully saturated rings. The van der Waals surface area contributed by atoms with Gasteiger partial charge in [0.05, 0.1) is 0 Å². The zero-order valence-electron chi connectivity index (χ0n) is 16.8. The third-order valence-electron chi connectivity index (χ3n) is 4.57. The molecular formula is C25H28O3. The Morgan fingerprint density at radius 3 is 2.43 bits per heavy atom. The number of para-hydroxylation sites is 1. The fourth-order valence-corrected chi connectivity index (χ4v) is 2.67. The second-order valence-electron chi connectivity index (χ2n) is 7.34. The van der Waals surface area contributed by atoms with E-state index < -0.39 is 5.97 Å². The second kappa shape index (κ2) is 9.75. The number of phenolic OH excluding ortho intramolecular Hbond substituents is 1. The Bertz CT molecular complexity index is 871. The molecule has 0 aromatic heterocycles. The topological polar surface area (TPSA) is 46.5 Å². The van der Waals surface area contributed by atoms with E-state index in [1.165, 1.54) is 17.7 Å². The fourth-order valence-electron chi connectivity index (χ4n) is 2.67. The van der Waals surface area contributed by atoms with Gasteiger partial charge in [-0.15, -0.1) is 6.58 Å². The van der Waals surface area contributed by atoms with E-state index >= 15 is 0 Å². The highest BCUT2D eigenvalue weighted by Gasteiger charge is 2.15. The zero-order chi connectivity index (χ0) is 20.6. The van der Waals surface area contributed by atoms with Crippen LogP contribution >= 0.6 is 0 Å². The van der Waals surface area contributed by atoms with Crippen molar-refractivity contribution < 1.29 is 14.6 Å². The summed E-state index contributed by atoms with van der Waals surface area (Å²) in [5, 5.41) is 9.74. The van der Waals surface area contributed by atoms with Crippen molar-refractivity contribution in [2.75, 3.05) is 0 Å². The Morgan fingerprint density at radius 2 is 1.82 bits per heavy atom. The van der Waals surface area contributed by atoms with Crippen molar-refractivity contribution in [1.82, 2.24) is 0 Å². The van der Waals surface area contributed by atoms with Gasteiger partial charge in [0.2, 0.25) is 0 Å². The van der Waals surface area contributed by atoms with Gasteiger partial charge >= 0.3 is 5.97 Å². The maximum Gasteiger partial charge on any atom is 0.347 e. The van der Waals surface area contributed by atoms with Crippen molar-refractivity contribution in [2.45, 2.75) is 33.6 Å². The van der Waals surface area contributed by atoms with Crippen LogP contribution in [0.2, 0.25) is 0 Å². The molecule has 146 valence electrons. The third kappa shape index (κ3) is 6.27. The van der Waals surface area contributed by atoms with Gasteiger partial charge in [-0.05, 0) is 56.5 Å². The van der Waals surface area contributed by atoms with E-state index in [4.69, 9.17) is 4.74 Å². The Morgan fingerprint density at radius 1 is 1.14 bits per heavy atom. The number of allylic oxidation sites excluding steroid dienone is 4. The summed E-state index contributed by atoms with van der Waals surface area (Å²) in [7, 11) is 0. The maximum absolute atomic E-state index is 12.2. The molecule has 0 aliphatic heterocycles. The van der Waals surface area contributed by atoms with E-state index in [0.29, 0.717) is 5.75 Å². The quantitative estimate of drug-likeness (QED) is 0.322. The normalized spacial score (nSPS) is 13.0. The highest BCUT2D eigenvalue weighted by Crippen LogP contribution is 2.28. The van der Waals surface area contributed by atoms with Crippen molar-refractivity contribution in [3.05, 3.63) is 90.0 Å². The smallest absolute Gasteiger partial charge is 0.347 e. The van der Waals surface area contributed by atoms with Crippen LogP contribution in [0.4, 0.5) is 0 Å². The van der Waals surface area contributed by atoms with Crippen molar-refractivity contribution in [3.8, 4) is 11.5 Å². The molecule has 2 aromatic carbocycles. The molecule has 0 bridgehead atoms. The minimum Gasteiger partial charge on any atom is -0.507 e. The lowest BCUT2D eigenvalue weighted by Gasteiger charge is -2.20. The molecule has 0 heterocycles. The van der Waals surface area contributed by atoms with E-state index in [9.17, 15) is 9.90 Å². The first-order valence-electron chi connectivity index (χ1n) is 9.39. The Labute approximate surface area is 167 Å². The van der Waals surface area contributed by atoms with Crippen LogP contribution in [0.15, 0.2) is 78.9 Å². The standard InChI is InChI=1S/C25H28O3/c1-5-25(4,17-8-9-19(2)3)18-16-20-12-14-21(15-13-20)28-24(27)22-10-6-7-11-23(22)26/h5-7,9-16,18,26H,1,8,17H2,2-4H3/b18-16+/t25-/m1/s1. The minimum atomic E-state index is -0.583. The number of rotatable bonds is 8. The van der Waals surface area contributed by atoms with Gasteiger partial charge in [-0.3, -0.25) is 0 Å². The largest absolute Gasteiger partial charge is 0.507 e. The molecular weight excluding hydrogens is 348 g/mol. The second-order valence-corrected chi connectivity index (χ2v) is 7.34. The van der Waals surface area contributed by atoms with Gasteiger partial charge in [-0.1, -0.05) is 61.1 Å². The maximum atomic E-state index is 12.2. The summed E-state index contributed by atoms with van der Waals surface area (Å²) in [6.45, 7) is 10.4. The fraction of sp³-hybridized carbons (Fsp3) is 0.240. The summed E-state index contributed by atoms with van der Waals surface area (Å²) >= 11 is 0. The molecule has 1 N–H and O–H groups in total. The van der Waals surface area contributed by atoms with Gasteiger partial charge in [0.15, 0.2) is 0 Å². The molecule has 0 unspecified atom stereocenters. The number of hydrogen-bond donors (Lipinski definition) is 1. The number of hydrogen-bond acceptors (Lipinski definition) is 3. The summed E-state index contributed by atoms with van der Waals surface area (Å²) in [4.78, 5) is 12.2. The van der Waals surface area contributed by atoms with Gasteiger partial charge in [0.1, 0.15) is 17.1 Å². The van der Waals surface area contributed by atoms with Crippen LogP contribution in [0.3, 0.4) is 0 Å². The summed E-state index contributed by atoms with van der Waals surface area (Å²) in [6, 6.07) is 13.6. The predicted octanol–water partition coefficient (Wildman–Crippen LogP) is 6.56. The first-order chi connectivity index (χ1) is 13.3. The van der Waals surface area contributed by atoms with Gasteiger partial charge in [-0.25, -0.2) is 4.79 Å². The molecule has 2 aromatic rings. The molecule has 0 aliphatic carbocycles. The lowest BCUT2D eigenvalue weighted by atomic mass is 9.84. The lowest BCUT2D eigenvalue weighted by Crippen LogP contribution is -2.08. The molecule has 0 radical (unpaired) electrons. The first kappa shape index (κ1) is 21.2. The van der Waals surface area contributed by atoms with Crippen LogP contribution in [0.25, 0.3) is 6.08 Å². The summed E-state index contributed by atoms with van der Waals surface area (Å²) in [6.07, 6.45) is 10.4. The van der Waals surface area contributed by atoms with Crippen molar-refractivity contribution >= 4 is 12.0 Å². The van der Waals surface area contributed by atoms with E-state index in [1.54, 1.807) is 24.3 Å². The number of aromatic hydroxyl groups is 1. The van der Waals surface area contributed by atoms with Crippen molar-refractivity contribution in [3.63, 3.8) is 0 Å². The number of phenols is 1. The van der Waals surface area contributed by atoms with Crippen molar-refractivity contribution in [1.29, 1.82) is 0 Å². The molecule has 3 nitrogen and oxygen atoms in total. The predicted molar refractivity (Wildman–Crippen MR) is 116 cm³/mol. The molecule has 3 heteroatoms.